The zero-order valence-corrected chi connectivity index (χ0v) is 11.4. The highest BCUT2D eigenvalue weighted by Crippen LogP contribution is 2.23. The minimum Gasteiger partial charge on any atom is -0.480 e. The van der Waals surface area contributed by atoms with Gasteiger partial charge in [-0.2, -0.15) is 5.10 Å². The van der Waals surface area contributed by atoms with E-state index in [1.165, 1.54) is 6.92 Å². The second kappa shape index (κ2) is 6.44. The molecule has 0 saturated heterocycles. The average molecular weight is 289 g/mol. The first-order valence-corrected chi connectivity index (χ1v) is 6.11. The Hall–Kier alpha value is -1.99. The standard InChI is InChI=1S/C12H17F2N3O3/c1-6(2)5-17-9(10(13)14)8(4-15-17)11(18)16-7(3)12(19)20/h4,6-7,10H,5H2,1-3H3,(H,16,18)(H,19,20). The molecule has 0 aliphatic carbocycles. The van der Waals surface area contributed by atoms with E-state index in [-0.39, 0.29) is 18.0 Å². The van der Waals surface area contributed by atoms with Crippen molar-refractivity contribution in [2.24, 2.45) is 5.92 Å². The van der Waals surface area contributed by atoms with Gasteiger partial charge in [-0.25, -0.2) is 8.78 Å². The van der Waals surface area contributed by atoms with E-state index in [2.05, 4.69) is 10.4 Å². The number of carbonyl (C=O) groups is 2. The molecule has 0 saturated carbocycles. The van der Waals surface area contributed by atoms with Crippen LogP contribution in [-0.2, 0) is 11.3 Å². The number of aliphatic carboxylic acids is 1. The van der Waals surface area contributed by atoms with Gasteiger partial charge in [-0.1, -0.05) is 13.8 Å². The first kappa shape index (κ1) is 16.1. The molecule has 0 aliphatic heterocycles. The maximum atomic E-state index is 13.1. The first-order valence-electron chi connectivity index (χ1n) is 6.11. The largest absolute Gasteiger partial charge is 0.480 e. The molecule has 1 heterocycles. The van der Waals surface area contributed by atoms with E-state index in [0.29, 0.717) is 0 Å². The zero-order chi connectivity index (χ0) is 15.4. The molecule has 0 spiro atoms. The molecule has 2 N–H and O–H groups in total. The number of nitrogens with zero attached hydrogens (tertiary/aromatic N) is 2. The van der Waals surface area contributed by atoms with E-state index in [1.54, 1.807) is 0 Å². The van der Waals surface area contributed by atoms with Crippen LogP contribution in [0.5, 0.6) is 0 Å². The molecule has 1 aromatic rings. The van der Waals surface area contributed by atoms with Gasteiger partial charge in [0, 0.05) is 6.54 Å². The van der Waals surface area contributed by atoms with E-state index in [1.807, 2.05) is 13.8 Å². The predicted molar refractivity (Wildman–Crippen MR) is 66.6 cm³/mol. The molecular weight excluding hydrogens is 272 g/mol. The highest BCUT2D eigenvalue weighted by molar-refractivity contribution is 5.97. The summed E-state index contributed by atoms with van der Waals surface area (Å²) in [6, 6.07) is -1.17. The van der Waals surface area contributed by atoms with Crippen molar-refractivity contribution in [3.8, 4) is 0 Å². The highest BCUT2D eigenvalue weighted by atomic mass is 19.3. The molecule has 0 aromatic carbocycles. The third-order valence-corrected chi connectivity index (χ3v) is 2.59. The van der Waals surface area contributed by atoms with Crippen LogP contribution >= 0.6 is 0 Å². The van der Waals surface area contributed by atoms with Crippen molar-refractivity contribution in [3.63, 3.8) is 0 Å². The molecule has 0 aliphatic rings. The Morgan fingerprint density at radius 1 is 1.40 bits per heavy atom. The fourth-order valence-electron chi connectivity index (χ4n) is 1.63. The van der Waals surface area contributed by atoms with Crippen LogP contribution in [0.3, 0.4) is 0 Å². The second-order valence-corrected chi connectivity index (χ2v) is 4.85. The van der Waals surface area contributed by atoms with E-state index < -0.39 is 30.0 Å². The third-order valence-electron chi connectivity index (χ3n) is 2.59. The van der Waals surface area contributed by atoms with Crippen LogP contribution in [-0.4, -0.2) is 32.8 Å². The quantitative estimate of drug-likeness (QED) is 0.834. The van der Waals surface area contributed by atoms with E-state index in [4.69, 9.17) is 5.11 Å². The van der Waals surface area contributed by atoms with Crippen LogP contribution < -0.4 is 5.32 Å². The minimum atomic E-state index is -2.86. The predicted octanol–water partition coefficient (Wildman–Crippen LogP) is 1.68. The summed E-state index contributed by atoms with van der Waals surface area (Å²) in [5.41, 5.74) is -0.789. The summed E-state index contributed by atoms with van der Waals surface area (Å²) in [5, 5.41) is 14.6. The molecule has 0 bridgehead atoms. The number of rotatable bonds is 6. The van der Waals surface area contributed by atoms with Gasteiger partial charge in [0.05, 0.1) is 11.8 Å². The maximum absolute atomic E-state index is 13.1. The topological polar surface area (TPSA) is 84.2 Å². The van der Waals surface area contributed by atoms with Crippen LogP contribution in [0, 0.1) is 5.92 Å². The van der Waals surface area contributed by atoms with Crippen LogP contribution in [0.4, 0.5) is 8.78 Å². The molecule has 1 amide bonds. The number of carboxylic acid groups (broad SMARTS) is 1. The summed E-state index contributed by atoms with van der Waals surface area (Å²) in [6.07, 6.45) is -1.83. The molecule has 6 nitrogen and oxygen atoms in total. The lowest BCUT2D eigenvalue weighted by Crippen LogP contribution is -2.38. The number of aromatic nitrogens is 2. The monoisotopic (exact) mass is 289 g/mol. The lowest BCUT2D eigenvalue weighted by atomic mass is 10.2. The number of halogens is 2. The van der Waals surface area contributed by atoms with Gasteiger partial charge in [-0.15, -0.1) is 0 Å². The molecule has 1 aromatic heterocycles. The van der Waals surface area contributed by atoms with Gasteiger partial charge in [-0.05, 0) is 12.8 Å². The Morgan fingerprint density at radius 3 is 2.45 bits per heavy atom. The molecule has 1 atom stereocenters. The maximum Gasteiger partial charge on any atom is 0.325 e. The Morgan fingerprint density at radius 2 is 2.00 bits per heavy atom. The summed E-state index contributed by atoms with van der Waals surface area (Å²) in [5.74, 6) is -2.03. The molecular formula is C12H17F2N3O3. The van der Waals surface area contributed by atoms with E-state index in [0.717, 1.165) is 10.9 Å². The Labute approximate surface area is 114 Å². The van der Waals surface area contributed by atoms with Gasteiger partial charge in [0.15, 0.2) is 0 Å². The Balaban J connectivity index is 3.03. The van der Waals surface area contributed by atoms with Crippen LogP contribution in [0.2, 0.25) is 0 Å². The van der Waals surface area contributed by atoms with Crippen molar-refractivity contribution in [2.75, 3.05) is 0 Å². The van der Waals surface area contributed by atoms with Crippen molar-refractivity contribution in [2.45, 2.75) is 39.8 Å². The molecule has 20 heavy (non-hydrogen) atoms. The van der Waals surface area contributed by atoms with E-state index in [9.17, 15) is 18.4 Å². The van der Waals surface area contributed by atoms with Crippen molar-refractivity contribution in [3.05, 3.63) is 17.5 Å². The van der Waals surface area contributed by atoms with Gasteiger partial charge >= 0.3 is 5.97 Å². The van der Waals surface area contributed by atoms with Gasteiger partial charge in [0.25, 0.3) is 12.3 Å². The molecule has 0 fully saturated rings. The fourth-order valence-corrected chi connectivity index (χ4v) is 1.63. The Kier molecular flexibility index (Phi) is 5.18. The highest BCUT2D eigenvalue weighted by Gasteiger charge is 2.26. The minimum absolute atomic E-state index is 0.0845. The molecule has 1 unspecified atom stereocenters. The summed E-state index contributed by atoms with van der Waals surface area (Å²) in [6.45, 7) is 5.18. The van der Waals surface area contributed by atoms with Gasteiger partial charge in [-0.3, -0.25) is 14.3 Å². The molecule has 0 radical (unpaired) electrons. The van der Waals surface area contributed by atoms with Crippen molar-refractivity contribution in [1.29, 1.82) is 0 Å². The SMILES string of the molecule is CC(C)Cn1ncc(C(=O)NC(C)C(=O)O)c1C(F)F. The smallest absolute Gasteiger partial charge is 0.325 e. The summed E-state index contributed by atoms with van der Waals surface area (Å²) < 4.78 is 27.2. The summed E-state index contributed by atoms with van der Waals surface area (Å²) in [4.78, 5) is 22.5. The average Bonchev–Trinajstić information content (AvgIpc) is 2.71. The third kappa shape index (κ3) is 3.75. The lowest BCUT2D eigenvalue weighted by molar-refractivity contribution is -0.138. The number of amides is 1. The van der Waals surface area contributed by atoms with Crippen LogP contribution in [0.1, 0.15) is 43.2 Å². The molecule has 1 rings (SSSR count). The summed E-state index contributed by atoms with van der Waals surface area (Å²) >= 11 is 0. The Bertz CT molecular complexity index is 500. The summed E-state index contributed by atoms with van der Waals surface area (Å²) in [7, 11) is 0. The second-order valence-electron chi connectivity index (χ2n) is 4.85. The number of nitrogens with one attached hydrogen (secondary N) is 1. The lowest BCUT2D eigenvalue weighted by Gasteiger charge is -2.12. The van der Waals surface area contributed by atoms with E-state index >= 15 is 0 Å². The number of alkyl halides is 2. The molecule has 8 heteroatoms. The van der Waals surface area contributed by atoms with Gasteiger partial charge in [0.1, 0.15) is 11.7 Å². The number of hydrogen-bond donors (Lipinski definition) is 2. The number of hydrogen-bond acceptors (Lipinski definition) is 3. The van der Waals surface area contributed by atoms with Crippen molar-refractivity contribution >= 4 is 11.9 Å². The molecule has 112 valence electrons. The number of carbonyl (C=O) groups excluding carboxylic acids is 1. The zero-order valence-electron chi connectivity index (χ0n) is 11.4. The fraction of sp³-hybridized carbons (Fsp3) is 0.583. The van der Waals surface area contributed by atoms with Gasteiger partial charge in [0.2, 0.25) is 0 Å². The first-order chi connectivity index (χ1) is 9.23. The number of carboxylic acids is 1. The normalized spacial score (nSPS) is 12.8. The van der Waals surface area contributed by atoms with Crippen LogP contribution in [0.15, 0.2) is 6.20 Å². The van der Waals surface area contributed by atoms with Crippen LogP contribution in [0.25, 0.3) is 0 Å². The van der Waals surface area contributed by atoms with Gasteiger partial charge < -0.3 is 10.4 Å². The van der Waals surface area contributed by atoms with Crippen molar-refractivity contribution < 1.29 is 23.5 Å². The van der Waals surface area contributed by atoms with Crippen molar-refractivity contribution in [1.82, 2.24) is 15.1 Å².